The maximum Gasteiger partial charge on any atom is 0.290 e. The summed E-state index contributed by atoms with van der Waals surface area (Å²) in [5.41, 5.74) is 5.08. The van der Waals surface area contributed by atoms with Crippen molar-refractivity contribution < 1.29 is 14.3 Å². The second kappa shape index (κ2) is 7.04. The standard InChI is InChI=1S/C18H18N4O3/c1-12-17(22-7-5-4-6-16(22)20-12)18(23)21-19-11-13-8-14(24-2)10-15(9-13)25-3/h4-11H,1-3H3,(H,21,23)/b19-11-. The van der Waals surface area contributed by atoms with Crippen molar-refractivity contribution in [1.29, 1.82) is 0 Å². The Morgan fingerprint density at radius 2 is 1.92 bits per heavy atom. The molecule has 2 heterocycles. The number of rotatable bonds is 5. The van der Waals surface area contributed by atoms with Gasteiger partial charge in [0.1, 0.15) is 22.8 Å². The summed E-state index contributed by atoms with van der Waals surface area (Å²) in [5, 5.41) is 4.02. The normalized spacial score (nSPS) is 11.0. The number of fused-ring (bicyclic) bond motifs is 1. The van der Waals surface area contributed by atoms with E-state index in [-0.39, 0.29) is 5.91 Å². The van der Waals surface area contributed by atoms with Crippen LogP contribution in [0.25, 0.3) is 5.65 Å². The molecule has 0 unspecified atom stereocenters. The fraction of sp³-hybridized carbons (Fsp3) is 0.167. The number of carbonyl (C=O) groups excluding carboxylic acids is 1. The Balaban J connectivity index is 1.80. The third-order valence-electron chi connectivity index (χ3n) is 3.67. The molecular formula is C18H18N4O3. The smallest absolute Gasteiger partial charge is 0.290 e. The third-order valence-corrected chi connectivity index (χ3v) is 3.67. The van der Waals surface area contributed by atoms with Crippen molar-refractivity contribution in [2.24, 2.45) is 5.10 Å². The number of methoxy groups -OCH3 is 2. The molecule has 7 heteroatoms. The average Bonchev–Trinajstić information content (AvgIpc) is 2.97. The molecule has 1 aromatic carbocycles. The molecule has 0 saturated heterocycles. The second-order valence-corrected chi connectivity index (χ2v) is 5.32. The number of imidazole rings is 1. The summed E-state index contributed by atoms with van der Waals surface area (Å²) >= 11 is 0. The molecule has 128 valence electrons. The number of nitrogens with one attached hydrogen (secondary N) is 1. The van der Waals surface area contributed by atoms with Gasteiger partial charge < -0.3 is 9.47 Å². The number of carbonyl (C=O) groups is 1. The quantitative estimate of drug-likeness (QED) is 0.572. The molecule has 0 aliphatic rings. The molecule has 7 nitrogen and oxygen atoms in total. The van der Waals surface area contributed by atoms with Crippen LogP contribution in [0, 0.1) is 6.92 Å². The van der Waals surface area contributed by atoms with Gasteiger partial charge in [0, 0.05) is 17.8 Å². The van der Waals surface area contributed by atoms with Gasteiger partial charge >= 0.3 is 0 Å². The predicted molar refractivity (Wildman–Crippen MR) is 94.5 cm³/mol. The fourth-order valence-corrected chi connectivity index (χ4v) is 2.51. The lowest BCUT2D eigenvalue weighted by Gasteiger charge is -2.05. The minimum atomic E-state index is -0.331. The number of ether oxygens (including phenoxy) is 2. The summed E-state index contributed by atoms with van der Waals surface area (Å²) in [6.07, 6.45) is 3.32. The van der Waals surface area contributed by atoms with Gasteiger partial charge in [-0.25, -0.2) is 10.4 Å². The van der Waals surface area contributed by atoms with Gasteiger partial charge in [0.05, 0.1) is 26.1 Å². The number of hydrazone groups is 1. The molecular weight excluding hydrogens is 320 g/mol. The highest BCUT2D eigenvalue weighted by Gasteiger charge is 2.15. The van der Waals surface area contributed by atoms with Crippen molar-refractivity contribution in [1.82, 2.24) is 14.8 Å². The van der Waals surface area contributed by atoms with Crippen LogP contribution in [0.3, 0.4) is 0 Å². The van der Waals surface area contributed by atoms with Crippen LogP contribution in [-0.4, -0.2) is 35.7 Å². The average molecular weight is 338 g/mol. The van der Waals surface area contributed by atoms with Crippen LogP contribution in [0.4, 0.5) is 0 Å². The third kappa shape index (κ3) is 3.45. The monoisotopic (exact) mass is 338 g/mol. The molecule has 0 bridgehead atoms. The minimum absolute atomic E-state index is 0.331. The van der Waals surface area contributed by atoms with Gasteiger partial charge in [-0.1, -0.05) is 6.07 Å². The van der Waals surface area contributed by atoms with E-state index in [1.165, 1.54) is 6.21 Å². The Morgan fingerprint density at radius 1 is 1.20 bits per heavy atom. The number of nitrogens with zero attached hydrogens (tertiary/aromatic N) is 3. The first-order chi connectivity index (χ1) is 12.1. The van der Waals surface area contributed by atoms with E-state index in [1.807, 2.05) is 18.2 Å². The molecule has 3 aromatic rings. The summed E-state index contributed by atoms with van der Waals surface area (Å²) in [5.74, 6) is 0.955. The Hall–Kier alpha value is -3.35. The van der Waals surface area contributed by atoms with Crippen molar-refractivity contribution >= 4 is 17.8 Å². The van der Waals surface area contributed by atoms with Gasteiger partial charge in [-0.3, -0.25) is 9.20 Å². The van der Waals surface area contributed by atoms with E-state index in [1.54, 1.807) is 49.9 Å². The Labute approximate surface area is 144 Å². The molecule has 0 fully saturated rings. The molecule has 25 heavy (non-hydrogen) atoms. The first-order valence-corrected chi connectivity index (χ1v) is 7.62. The van der Waals surface area contributed by atoms with Crippen LogP contribution in [0.1, 0.15) is 21.7 Å². The maximum atomic E-state index is 12.4. The van der Waals surface area contributed by atoms with Crippen molar-refractivity contribution in [3.05, 3.63) is 59.5 Å². The molecule has 0 saturated carbocycles. The SMILES string of the molecule is COc1cc(/C=N\NC(=O)c2c(C)nc3ccccn23)cc(OC)c1. The van der Waals surface area contributed by atoms with Gasteiger partial charge in [-0.05, 0) is 31.2 Å². The molecule has 0 aliphatic heterocycles. The molecule has 0 radical (unpaired) electrons. The van der Waals surface area contributed by atoms with Crippen molar-refractivity contribution in [2.45, 2.75) is 6.92 Å². The number of aryl methyl sites for hydroxylation is 1. The highest BCUT2D eigenvalue weighted by Crippen LogP contribution is 2.21. The van der Waals surface area contributed by atoms with Gasteiger partial charge in [0.15, 0.2) is 0 Å². The van der Waals surface area contributed by atoms with E-state index in [2.05, 4.69) is 15.5 Å². The van der Waals surface area contributed by atoms with E-state index in [0.717, 1.165) is 5.56 Å². The molecule has 0 atom stereocenters. The zero-order chi connectivity index (χ0) is 17.8. The first kappa shape index (κ1) is 16.5. The molecule has 0 spiro atoms. The Morgan fingerprint density at radius 3 is 2.60 bits per heavy atom. The molecule has 1 N–H and O–H groups in total. The van der Waals surface area contributed by atoms with Crippen LogP contribution in [0.2, 0.25) is 0 Å². The summed E-state index contributed by atoms with van der Waals surface area (Å²) < 4.78 is 12.1. The highest BCUT2D eigenvalue weighted by atomic mass is 16.5. The number of hydrogen-bond donors (Lipinski definition) is 1. The number of benzene rings is 1. The van der Waals surface area contributed by atoms with E-state index in [4.69, 9.17) is 9.47 Å². The fourth-order valence-electron chi connectivity index (χ4n) is 2.51. The topological polar surface area (TPSA) is 77.2 Å². The highest BCUT2D eigenvalue weighted by molar-refractivity contribution is 5.95. The van der Waals surface area contributed by atoms with Crippen LogP contribution in [0.15, 0.2) is 47.7 Å². The summed E-state index contributed by atoms with van der Waals surface area (Å²) in [7, 11) is 3.15. The lowest BCUT2D eigenvalue weighted by Crippen LogP contribution is -2.20. The number of pyridine rings is 1. The van der Waals surface area contributed by atoms with E-state index in [9.17, 15) is 4.79 Å². The molecule has 0 aliphatic carbocycles. The lowest BCUT2D eigenvalue weighted by molar-refractivity contribution is 0.0948. The largest absolute Gasteiger partial charge is 0.497 e. The van der Waals surface area contributed by atoms with Crippen LogP contribution < -0.4 is 14.9 Å². The summed E-state index contributed by atoms with van der Waals surface area (Å²) in [6.45, 7) is 1.79. The van der Waals surface area contributed by atoms with E-state index >= 15 is 0 Å². The van der Waals surface area contributed by atoms with Crippen LogP contribution in [0.5, 0.6) is 11.5 Å². The van der Waals surface area contributed by atoms with Gasteiger partial charge in [-0.2, -0.15) is 5.10 Å². The van der Waals surface area contributed by atoms with Crippen LogP contribution >= 0.6 is 0 Å². The van der Waals surface area contributed by atoms with Gasteiger partial charge in [0.25, 0.3) is 5.91 Å². The minimum Gasteiger partial charge on any atom is -0.497 e. The van der Waals surface area contributed by atoms with Gasteiger partial charge in [-0.15, -0.1) is 0 Å². The summed E-state index contributed by atoms with van der Waals surface area (Å²) in [6, 6.07) is 10.9. The second-order valence-electron chi connectivity index (χ2n) is 5.32. The van der Waals surface area contributed by atoms with E-state index in [0.29, 0.717) is 28.5 Å². The number of aromatic nitrogens is 2. The van der Waals surface area contributed by atoms with Crippen molar-refractivity contribution in [3.8, 4) is 11.5 Å². The van der Waals surface area contributed by atoms with Crippen LogP contribution in [-0.2, 0) is 0 Å². The Kier molecular flexibility index (Phi) is 4.65. The predicted octanol–water partition coefficient (Wildman–Crippen LogP) is 2.42. The molecule has 1 amide bonds. The van der Waals surface area contributed by atoms with E-state index < -0.39 is 0 Å². The number of amides is 1. The zero-order valence-electron chi connectivity index (χ0n) is 14.2. The Bertz CT molecular complexity index is 924. The number of hydrogen-bond acceptors (Lipinski definition) is 5. The molecule has 2 aromatic heterocycles. The first-order valence-electron chi connectivity index (χ1n) is 7.62. The van der Waals surface area contributed by atoms with Crippen molar-refractivity contribution in [3.63, 3.8) is 0 Å². The molecule has 3 rings (SSSR count). The maximum absolute atomic E-state index is 12.4. The lowest BCUT2D eigenvalue weighted by atomic mass is 10.2. The zero-order valence-corrected chi connectivity index (χ0v) is 14.2. The summed E-state index contributed by atoms with van der Waals surface area (Å²) in [4.78, 5) is 16.8. The van der Waals surface area contributed by atoms with Crippen molar-refractivity contribution in [2.75, 3.05) is 14.2 Å². The van der Waals surface area contributed by atoms with Gasteiger partial charge in [0.2, 0.25) is 0 Å².